The second kappa shape index (κ2) is 2.36. The lowest BCUT2D eigenvalue weighted by Crippen LogP contribution is -2.05. The highest BCUT2D eigenvalue weighted by atomic mass is 79.9. The summed E-state index contributed by atoms with van der Waals surface area (Å²) in [4.78, 5) is 0. The molecule has 1 rings (SSSR count). The summed E-state index contributed by atoms with van der Waals surface area (Å²) in [5, 5.41) is 0. The van der Waals surface area contributed by atoms with Crippen molar-refractivity contribution in [3.63, 3.8) is 0 Å². The summed E-state index contributed by atoms with van der Waals surface area (Å²) >= 11 is 6.94. The standard InChI is InChI=1S/C6H6Br2/c7-6(8)4-2-1-3-5-6/h1-4H,5H2. The van der Waals surface area contributed by atoms with Gasteiger partial charge in [-0.05, 0) is 6.42 Å². The van der Waals surface area contributed by atoms with Gasteiger partial charge in [-0.2, -0.15) is 0 Å². The maximum atomic E-state index is 3.47. The molecule has 8 heavy (non-hydrogen) atoms. The van der Waals surface area contributed by atoms with Crippen LogP contribution in [0.15, 0.2) is 24.3 Å². The van der Waals surface area contributed by atoms with Gasteiger partial charge < -0.3 is 0 Å². The minimum atomic E-state index is 0.0365. The Kier molecular flexibility index (Phi) is 1.93. The van der Waals surface area contributed by atoms with Crippen molar-refractivity contribution >= 4 is 31.9 Å². The molecule has 0 radical (unpaired) electrons. The topological polar surface area (TPSA) is 0 Å². The summed E-state index contributed by atoms with van der Waals surface area (Å²) in [6.07, 6.45) is 9.27. The second-order valence-corrected chi connectivity index (χ2v) is 5.65. The first-order valence-corrected chi connectivity index (χ1v) is 4.01. The summed E-state index contributed by atoms with van der Waals surface area (Å²) in [7, 11) is 0. The molecule has 0 aromatic rings. The van der Waals surface area contributed by atoms with Crippen molar-refractivity contribution in [3.05, 3.63) is 24.3 Å². The van der Waals surface area contributed by atoms with E-state index in [0.29, 0.717) is 0 Å². The Balaban J connectivity index is 2.65. The highest BCUT2D eigenvalue weighted by molar-refractivity contribution is 9.25. The number of allylic oxidation sites excluding steroid dienone is 4. The molecule has 0 aromatic carbocycles. The maximum absolute atomic E-state index is 3.47. The van der Waals surface area contributed by atoms with E-state index in [1.165, 1.54) is 0 Å². The first-order chi connectivity index (χ1) is 3.71. The number of alkyl halides is 2. The number of hydrogen-bond acceptors (Lipinski definition) is 0. The molecular formula is C6H6Br2. The predicted molar refractivity (Wildman–Crippen MR) is 43.5 cm³/mol. The van der Waals surface area contributed by atoms with Crippen LogP contribution in [0.5, 0.6) is 0 Å². The van der Waals surface area contributed by atoms with Crippen LogP contribution in [0.2, 0.25) is 0 Å². The van der Waals surface area contributed by atoms with Gasteiger partial charge in [-0.1, -0.05) is 56.2 Å². The lowest BCUT2D eigenvalue weighted by Gasteiger charge is -2.14. The van der Waals surface area contributed by atoms with Gasteiger partial charge in [0, 0.05) is 0 Å². The Hall–Kier alpha value is 0.440. The van der Waals surface area contributed by atoms with Gasteiger partial charge in [0.25, 0.3) is 0 Å². The molecular weight excluding hydrogens is 232 g/mol. The van der Waals surface area contributed by atoms with Crippen molar-refractivity contribution in [2.75, 3.05) is 0 Å². The summed E-state index contributed by atoms with van der Waals surface area (Å²) in [5.41, 5.74) is 0. The van der Waals surface area contributed by atoms with Crippen molar-refractivity contribution < 1.29 is 0 Å². The van der Waals surface area contributed by atoms with E-state index < -0.39 is 0 Å². The first kappa shape index (κ1) is 6.56. The van der Waals surface area contributed by atoms with E-state index in [1.807, 2.05) is 12.2 Å². The average molecular weight is 238 g/mol. The largest absolute Gasteiger partial charge is 0.102 e. The van der Waals surface area contributed by atoms with Crippen LogP contribution < -0.4 is 0 Å². The second-order valence-electron chi connectivity index (χ2n) is 1.75. The highest BCUT2D eigenvalue weighted by Gasteiger charge is 2.17. The van der Waals surface area contributed by atoms with E-state index >= 15 is 0 Å². The molecule has 0 aliphatic heterocycles. The number of rotatable bonds is 0. The van der Waals surface area contributed by atoms with Gasteiger partial charge in [-0.3, -0.25) is 0 Å². The fourth-order valence-electron chi connectivity index (χ4n) is 0.568. The zero-order chi connectivity index (χ0) is 6.04. The minimum absolute atomic E-state index is 0.0365. The third-order valence-corrected chi connectivity index (χ3v) is 2.15. The van der Waals surface area contributed by atoms with Crippen molar-refractivity contribution in [1.29, 1.82) is 0 Å². The molecule has 0 fully saturated rings. The first-order valence-electron chi connectivity index (χ1n) is 2.43. The third-order valence-electron chi connectivity index (χ3n) is 0.977. The van der Waals surface area contributed by atoms with Crippen LogP contribution in [0.3, 0.4) is 0 Å². The normalized spacial score (nSPS) is 23.8. The van der Waals surface area contributed by atoms with E-state index in [2.05, 4.69) is 44.0 Å². The van der Waals surface area contributed by atoms with Gasteiger partial charge in [0.2, 0.25) is 0 Å². The molecule has 0 heterocycles. The molecule has 1 aliphatic rings. The summed E-state index contributed by atoms with van der Waals surface area (Å²) in [6.45, 7) is 0. The highest BCUT2D eigenvalue weighted by Crippen LogP contribution is 2.33. The summed E-state index contributed by atoms with van der Waals surface area (Å²) in [6, 6.07) is 0. The molecule has 0 saturated carbocycles. The molecule has 0 atom stereocenters. The van der Waals surface area contributed by atoms with Crippen LogP contribution in [0.1, 0.15) is 6.42 Å². The van der Waals surface area contributed by atoms with E-state index in [1.54, 1.807) is 0 Å². The maximum Gasteiger partial charge on any atom is 0.102 e. The number of halogens is 2. The molecule has 0 spiro atoms. The van der Waals surface area contributed by atoms with Gasteiger partial charge >= 0.3 is 0 Å². The van der Waals surface area contributed by atoms with E-state index in [0.717, 1.165) is 6.42 Å². The Labute approximate surface area is 65.9 Å². The van der Waals surface area contributed by atoms with Crippen LogP contribution in [0.4, 0.5) is 0 Å². The summed E-state index contributed by atoms with van der Waals surface area (Å²) in [5.74, 6) is 0. The SMILES string of the molecule is BrC1(Br)C=CC=CC1. The van der Waals surface area contributed by atoms with Crippen LogP contribution in [0, 0.1) is 0 Å². The van der Waals surface area contributed by atoms with Gasteiger partial charge in [-0.25, -0.2) is 0 Å². The number of hydrogen-bond donors (Lipinski definition) is 0. The Morgan fingerprint density at radius 3 is 2.25 bits per heavy atom. The Morgan fingerprint density at radius 1 is 1.25 bits per heavy atom. The lowest BCUT2D eigenvalue weighted by molar-refractivity contribution is 1.03. The third kappa shape index (κ3) is 1.75. The smallest absolute Gasteiger partial charge is 0.0820 e. The summed E-state index contributed by atoms with van der Waals surface area (Å²) < 4.78 is 0.0365. The van der Waals surface area contributed by atoms with Crippen LogP contribution in [-0.2, 0) is 0 Å². The fourth-order valence-corrected chi connectivity index (χ4v) is 1.25. The van der Waals surface area contributed by atoms with Gasteiger partial charge in [0.1, 0.15) is 3.23 Å². The molecule has 0 unspecified atom stereocenters. The van der Waals surface area contributed by atoms with Gasteiger partial charge in [0.05, 0.1) is 0 Å². The van der Waals surface area contributed by atoms with E-state index in [4.69, 9.17) is 0 Å². The quantitative estimate of drug-likeness (QED) is 0.569. The van der Waals surface area contributed by atoms with Crippen molar-refractivity contribution in [3.8, 4) is 0 Å². The lowest BCUT2D eigenvalue weighted by atomic mass is 10.2. The van der Waals surface area contributed by atoms with E-state index in [-0.39, 0.29) is 3.23 Å². The molecule has 0 saturated heterocycles. The predicted octanol–water partition coefficient (Wildman–Crippen LogP) is 2.99. The Bertz CT molecular complexity index is 133. The van der Waals surface area contributed by atoms with Crippen LogP contribution >= 0.6 is 31.9 Å². The monoisotopic (exact) mass is 236 g/mol. The zero-order valence-electron chi connectivity index (χ0n) is 4.27. The minimum Gasteiger partial charge on any atom is -0.0820 e. The van der Waals surface area contributed by atoms with Gasteiger partial charge in [0.15, 0.2) is 0 Å². The van der Waals surface area contributed by atoms with Crippen molar-refractivity contribution in [1.82, 2.24) is 0 Å². The molecule has 0 N–H and O–H groups in total. The molecule has 44 valence electrons. The molecule has 0 amide bonds. The van der Waals surface area contributed by atoms with Crippen molar-refractivity contribution in [2.24, 2.45) is 0 Å². The molecule has 1 aliphatic carbocycles. The molecule has 0 nitrogen and oxygen atoms in total. The van der Waals surface area contributed by atoms with Crippen LogP contribution in [-0.4, -0.2) is 3.23 Å². The zero-order valence-corrected chi connectivity index (χ0v) is 7.44. The molecule has 2 heteroatoms. The Morgan fingerprint density at radius 2 is 2.00 bits per heavy atom. The van der Waals surface area contributed by atoms with Gasteiger partial charge in [-0.15, -0.1) is 0 Å². The van der Waals surface area contributed by atoms with Crippen molar-refractivity contribution in [2.45, 2.75) is 9.65 Å². The molecule has 0 aromatic heterocycles. The fraction of sp³-hybridized carbons (Fsp3) is 0.333. The van der Waals surface area contributed by atoms with Crippen LogP contribution in [0.25, 0.3) is 0 Å². The molecule has 0 bridgehead atoms. The van der Waals surface area contributed by atoms with E-state index in [9.17, 15) is 0 Å². The average Bonchev–Trinajstić information content (AvgIpc) is 1.65.